The van der Waals surface area contributed by atoms with Gasteiger partial charge in [0, 0.05) is 43.8 Å². The van der Waals surface area contributed by atoms with Crippen LogP contribution in [0.15, 0.2) is 53.3 Å². The zero-order chi connectivity index (χ0) is 21.5. The van der Waals surface area contributed by atoms with Crippen LogP contribution >= 0.6 is 0 Å². The second kappa shape index (κ2) is 7.96. The summed E-state index contributed by atoms with van der Waals surface area (Å²) in [6.07, 6.45) is 2.60. The van der Waals surface area contributed by atoms with Crippen LogP contribution in [0.1, 0.15) is 36.6 Å². The van der Waals surface area contributed by atoms with Crippen LogP contribution in [0.5, 0.6) is 0 Å². The average molecular weight is 421 g/mol. The lowest BCUT2D eigenvalue weighted by Gasteiger charge is -2.38. The number of fused-ring (bicyclic) bond motifs is 4. The van der Waals surface area contributed by atoms with Gasteiger partial charge in [-0.25, -0.2) is 0 Å². The minimum atomic E-state index is -0.600. The third-order valence-electron chi connectivity index (χ3n) is 6.98. The van der Waals surface area contributed by atoms with E-state index < -0.39 is 17.9 Å². The summed E-state index contributed by atoms with van der Waals surface area (Å²) < 4.78 is 1.67. The summed E-state index contributed by atoms with van der Waals surface area (Å²) in [5, 5.41) is 13.3. The molecule has 1 aliphatic carbocycles. The highest BCUT2D eigenvalue weighted by Crippen LogP contribution is 2.49. The van der Waals surface area contributed by atoms with E-state index in [1.54, 1.807) is 15.5 Å². The van der Waals surface area contributed by atoms with Gasteiger partial charge in [0.2, 0.25) is 11.8 Å². The van der Waals surface area contributed by atoms with Crippen LogP contribution in [0, 0.1) is 17.8 Å². The molecule has 5 rings (SSSR count). The van der Waals surface area contributed by atoms with Gasteiger partial charge in [0.1, 0.15) is 0 Å². The normalized spacial score (nSPS) is 26.4. The molecule has 2 fully saturated rings. The molecule has 2 bridgehead atoms. The highest BCUT2D eigenvalue weighted by Gasteiger charge is 2.57. The molecule has 1 aromatic carbocycles. The molecule has 162 valence electrons. The largest absolute Gasteiger partial charge is 0.396 e. The van der Waals surface area contributed by atoms with Gasteiger partial charge in [0.15, 0.2) is 0 Å². The van der Waals surface area contributed by atoms with Crippen molar-refractivity contribution < 1.29 is 14.7 Å². The molecule has 0 spiro atoms. The number of nitrogens with one attached hydrogen (secondary N) is 1. The number of carbonyl (C=O) groups excluding carboxylic acids is 2. The molecule has 4 atom stereocenters. The van der Waals surface area contributed by atoms with Crippen molar-refractivity contribution >= 4 is 11.8 Å². The SMILES string of the molecule is O=C(NCc1ccccc1)[C@@H]1[C@@H](CO)[C@@H]2Cn3c(cccc3=O)[C@H]1N2C(=O)CC1CC1. The molecule has 7 heteroatoms. The van der Waals surface area contributed by atoms with Crippen LogP contribution in [-0.4, -0.2) is 39.0 Å². The van der Waals surface area contributed by atoms with Gasteiger partial charge in [-0.05, 0) is 30.4 Å². The Morgan fingerprint density at radius 2 is 1.84 bits per heavy atom. The first-order valence-electron chi connectivity index (χ1n) is 11.0. The number of hydrogen-bond acceptors (Lipinski definition) is 4. The molecule has 2 aromatic rings. The van der Waals surface area contributed by atoms with Gasteiger partial charge in [-0.1, -0.05) is 36.4 Å². The monoisotopic (exact) mass is 421 g/mol. The van der Waals surface area contributed by atoms with Gasteiger partial charge in [0.25, 0.3) is 5.56 Å². The lowest BCUT2D eigenvalue weighted by Crippen LogP contribution is -2.49. The van der Waals surface area contributed by atoms with E-state index in [1.165, 1.54) is 6.07 Å². The first-order valence-corrected chi connectivity index (χ1v) is 11.0. The van der Waals surface area contributed by atoms with Crippen molar-refractivity contribution in [3.63, 3.8) is 0 Å². The standard InChI is InChI=1S/C24H27N3O4/c28-14-17-19-13-26-18(7-4-8-20(26)29)23(27(19)21(30)11-15-9-10-15)22(17)24(31)25-12-16-5-2-1-3-6-16/h1-8,15,17,19,22-23,28H,9-14H2,(H,25,31)/t17-,19-,22+,23+/m0/s1. The second-order valence-electron chi connectivity index (χ2n) is 8.94. The van der Waals surface area contributed by atoms with Crippen molar-refractivity contribution in [3.05, 3.63) is 70.1 Å². The fourth-order valence-electron chi connectivity index (χ4n) is 5.28. The summed E-state index contributed by atoms with van der Waals surface area (Å²) >= 11 is 0. The molecule has 1 saturated heterocycles. The Morgan fingerprint density at radius 3 is 2.55 bits per heavy atom. The van der Waals surface area contributed by atoms with E-state index in [-0.39, 0.29) is 30.0 Å². The summed E-state index contributed by atoms with van der Waals surface area (Å²) in [4.78, 5) is 41.0. The number of nitrogens with zero attached hydrogens (tertiary/aromatic N) is 2. The Kier molecular flexibility index (Phi) is 5.14. The first-order chi connectivity index (χ1) is 15.1. The predicted molar refractivity (Wildman–Crippen MR) is 114 cm³/mol. The van der Waals surface area contributed by atoms with Crippen molar-refractivity contribution in [2.24, 2.45) is 17.8 Å². The van der Waals surface area contributed by atoms with Crippen LogP contribution in [0.2, 0.25) is 0 Å². The molecule has 0 radical (unpaired) electrons. The average Bonchev–Trinajstić information content (AvgIpc) is 3.56. The fourth-order valence-corrected chi connectivity index (χ4v) is 5.28. The van der Waals surface area contributed by atoms with E-state index in [4.69, 9.17) is 0 Å². The highest BCUT2D eigenvalue weighted by atomic mass is 16.3. The molecule has 0 unspecified atom stereocenters. The van der Waals surface area contributed by atoms with E-state index in [0.717, 1.165) is 18.4 Å². The molecule has 1 saturated carbocycles. The summed E-state index contributed by atoms with van der Waals surface area (Å²) in [7, 11) is 0. The molecule has 1 aromatic heterocycles. The Bertz CT molecular complexity index is 1050. The first kappa shape index (κ1) is 20.0. The van der Waals surface area contributed by atoms with E-state index in [9.17, 15) is 19.5 Å². The molecular formula is C24H27N3O4. The minimum absolute atomic E-state index is 0.0249. The lowest BCUT2D eigenvalue weighted by atomic mass is 9.86. The van der Waals surface area contributed by atoms with Gasteiger partial charge in [-0.15, -0.1) is 0 Å². The number of rotatable bonds is 6. The van der Waals surface area contributed by atoms with Crippen LogP contribution in [-0.2, 0) is 22.7 Å². The van der Waals surface area contributed by atoms with Crippen LogP contribution < -0.4 is 10.9 Å². The van der Waals surface area contributed by atoms with Gasteiger partial charge in [-0.3, -0.25) is 14.4 Å². The Hall–Kier alpha value is -2.93. The number of hydrogen-bond donors (Lipinski definition) is 2. The number of benzene rings is 1. The summed E-state index contributed by atoms with van der Waals surface area (Å²) in [6.45, 7) is 0.486. The van der Waals surface area contributed by atoms with Gasteiger partial charge in [-0.2, -0.15) is 0 Å². The molecular weight excluding hydrogens is 394 g/mol. The maximum absolute atomic E-state index is 13.4. The number of pyridine rings is 1. The fraction of sp³-hybridized carbons (Fsp3) is 0.458. The zero-order valence-electron chi connectivity index (χ0n) is 17.3. The maximum atomic E-state index is 13.4. The van der Waals surface area contributed by atoms with E-state index >= 15 is 0 Å². The molecule has 31 heavy (non-hydrogen) atoms. The van der Waals surface area contributed by atoms with Gasteiger partial charge >= 0.3 is 0 Å². The number of amides is 2. The second-order valence-corrected chi connectivity index (χ2v) is 8.94. The zero-order valence-corrected chi connectivity index (χ0v) is 17.3. The minimum Gasteiger partial charge on any atom is -0.396 e. The summed E-state index contributed by atoms with van der Waals surface area (Å²) in [5.74, 6) is -0.758. The van der Waals surface area contributed by atoms with Crippen molar-refractivity contribution in [1.82, 2.24) is 14.8 Å². The summed E-state index contributed by atoms with van der Waals surface area (Å²) in [5.41, 5.74) is 1.53. The molecule has 2 N–H and O–H groups in total. The molecule has 3 aliphatic rings. The third kappa shape index (κ3) is 3.57. The molecule has 7 nitrogen and oxygen atoms in total. The van der Waals surface area contributed by atoms with E-state index in [2.05, 4.69) is 5.32 Å². The van der Waals surface area contributed by atoms with Crippen LogP contribution in [0.4, 0.5) is 0 Å². The Balaban J connectivity index is 1.49. The molecule has 2 amide bonds. The number of carbonyl (C=O) groups is 2. The highest BCUT2D eigenvalue weighted by molar-refractivity contribution is 5.84. The van der Waals surface area contributed by atoms with Crippen LogP contribution in [0.3, 0.4) is 0 Å². The van der Waals surface area contributed by atoms with Gasteiger partial charge in [0.05, 0.1) is 18.0 Å². The molecule has 3 heterocycles. The number of aliphatic hydroxyl groups excluding tert-OH is 1. The van der Waals surface area contributed by atoms with Gasteiger partial charge < -0.3 is 19.9 Å². The quantitative estimate of drug-likeness (QED) is 0.739. The van der Waals surface area contributed by atoms with E-state index in [0.29, 0.717) is 31.1 Å². The Morgan fingerprint density at radius 1 is 1.06 bits per heavy atom. The predicted octanol–water partition coefficient (Wildman–Crippen LogP) is 1.45. The van der Waals surface area contributed by atoms with Crippen molar-refractivity contribution in [3.8, 4) is 0 Å². The van der Waals surface area contributed by atoms with E-state index in [1.807, 2.05) is 36.4 Å². The summed E-state index contributed by atoms with van der Waals surface area (Å²) in [6, 6.07) is 13.8. The van der Waals surface area contributed by atoms with Crippen molar-refractivity contribution in [2.75, 3.05) is 6.61 Å². The van der Waals surface area contributed by atoms with Crippen molar-refractivity contribution in [2.45, 2.75) is 44.4 Å². The van der Waals surface area contributed by atoms with Crippen LogP contribution in [0.25, 0.3) is 0 Å². The number of aliphatic hydroxyl groups is 1. The smallest absolute Gasteiger partial charge is 0.250 e. The Labute approximate surface area is 180 Å². The molecule has 2 aliphatic heterocycles. The number of aromatic nitrogens is 1. The topological polar surface area (TPSA) is 91.6 Å². The van der Waals surface area contributed by atoms with Crippen molar-refractivity contribution in [1.29, 1.82) is 0 Å². The maximum Gasteiger partial charge on any atom is 0.250 e. The third-order valence-corrected chi connectivity index (χ3v) is 6.98. The lowest BCUT2D eigenvalue weighted by molar-refractivity contribution is -0.137.